The number of hydrogen-bond donors (Lipinski definition) is 1. The van der Waals surface area contributed by atoms with Crippen molar-refractivity contribution in [3.63, 3.8) is 0 Å². The number of likely N-dealkylation sites (N-methyl/N-ethyl adjacent to an activating group) is 1. The third-order valence-corrected chi connectivity index (χ3v) is 8.09. The molecule has 1 fully saturated rings. The predicted molar refractivity (Wildman–Crippen MR) is 124 cm³/mol. The Morgan fingerprint density at radius 1 is 1.28 bits per heavy atom. The molecular weight excluding hydrogens is 453 g/mol. The van der Waals surface area contributed by atoms with Gasteiger partial charge in [0.2, 0.25) is 10.0 Å². The summed E-state index contributed by atoms with van der Waals surface area (Å²) < 4.78 is 41.4. The Bertz CT molecular complexity index is 1080. The zero-order valence-electron chi connectivity index (χ0n) is 18.5. The van der Waals surface area contributed by atoms with Crippen LogP contribution < -0.4 is 5.32 Å². The van der Waals surface area contributed by atoms with Crippen molar-refractivity contribution in [1.29, 1.82) is 0 Å². The number of nitrogens with one attached hydrogen (secondary N) is 1. The van der Waals surface area contributed by atoms with Crippen LogP contribution in [0.5, 0.6) is 0 Å². The lowest BCUT2D eigenvalue weighted by atomic mass is 10.0. The van der Waals surface area contributed by atoms with Gasteiger partial charge in [0.15, 0.2) is 0 Å². The van der Waals surface area contributed by atoms with E-state index in [9.17, 15) is 17.6 Å². The molecule has 1 N–H and O–H groups in total. The Labute approximate surface area is 194 Å². The van der Waals surface area contributed by atoms with Crippen LogP contribution in [0, 0.1) is 11.7 Å². The molecule has 32 heavy (non-hydrogen) atoms. The average Bonchev–Trinajstić information content (AvgIpc) is 2.73. The molecule has 9 heteroatoms. The highest BCUT2D eigenvalue weighted by Gasteiger charge is 2.31. The van der Waals surface area contributed by atoms with E-state index < -0.39 is 15.9 Å². The largest absolute Gasteiger partial charge is 0.350 e. The maximum absolute atomic E-state index is 13.6. The quantitative estimate of drug-likeness (QED) is 0.650. The highest BCUT2D eigenvalue weighted by Crippen LogP contribution is 2.29. The van der Waals surface area contributed by atoms with Gasteiger partial charge in [-0.05, 0) is 68.8 Å². The zero-order valence-corrected chi connectivity index (χ0v) is 20.1. The molecule has 2 atom stereocenters. The lowest BCUT2D eigenvalue weighted by Gasteiger charge is -2.30. The minimum atomic E-state index is -3.80. The smallest absolute Gasteiger partial charge is 0.251 e. The van der Waals surface area contributed by atoms with E-state index in [1.54, 1.807) is 12.1 Å². The van der Waals surface area contributed by atoms with E-state index in [4.69, 9.17) is 11.6 Å². The summed E-state index contributed by atoms with van der Waals surface area (Å²) in [6.07, 6.45) is 1.78. The number of amides is 1. The van der Waals surface area contributed by atoms with Crippen molar-refractivity contribution in [2.45, 2.75) is 30.7 Å². The predicted octanol–water partition coefficient (Wildman–Crippen LogP) is 3.93. The normalized spacial score (nSPS) is 18.5. The lowest BCUT2D eigenvalue weighted by molar-refractivity contribution is 0.0941. The van der Waals surface area contributed by atoms with Crippen LogP contribution in [-0.2, 0) is 10.0 Å². The minimum absolute atomic E-state index is 0.0600. The molecular formula is C23H29ClFN3O3S. The summed E-state index contributed by atoms with van der Waals surface area (Å²) >= 11 is 6.23. The van der Waals surface area contributed by atoms with Gasteiger partial charge in [0.05, 0.1) is 11.1 Å². The maximum atomic E-state index is 13.6. The number of piperidine rings is 1. The summed E-state index contributed by atoms with van der Waals surface area (Å²) in [5.74, 6) is -0.497. The second kappa shape index (κ2) is 10.3. The van der Waals surface area contributed by atoms with Crippen molar-refractivity contribution in [2.75, 3.05) is 33.7 Å². The summed E-state index contributed by atoms with van der Waals surface area (Å²) in [5.41, 5.74) is 0.934. The first-order valence-corrected chi connectivity index (χ1v) is 12.4. The van der Waals surface area contributed by atoms with Gasteiger partial charge >= 0.3 is 0 Å². The van der Waals surface area contributed by atoms with Gasteiger partial charge in [0.1, 0.15) is 10.7 Å². The summed E-state index contributed by atoms with van der Waals surface area (Å²) in [5, 5.41) is 2.92. The molecule has 0 aliphatic carbocycles. The molecule has 2 aromatic carbocycles. The SMILES string of the molecule is C[C@H]1CCCN(S(=O)(=O)c2cc(C(=O)NC[C@@H](c3cccc(F)c3)N(C)C)ccc2Cl)C1. The Morgan fingerprint density at radius 3 is 2.69 bits per heavy atom. The van der Waals surface area contributed by atoms with Gasteiger partial charge in [0.25, 0.3) is 5.91 Å². The lowest BCUT2D eigenvalue weighted by Crippen LogP contribution is -2.39. The molecule has 0 radical (unpaired) electrons. The van der Waals surface area contributed by atoms with Gasteiger partial charge in [0, 0.05) is 25.2 Å². The van der Waals surface area contributed by atoms with E-state index in [2.05, 4.69) is 5.32 Å². The summed E-state index contributed by atoms with van der Waals surface area (Å²) in [4.78, 5) is 14.7. The van der Waals surface area contributed by atoms with Crippen LogP contribution in [0.25, 0.3) is 0 Å². The minimum Gasteiger partial charge on any atom is -0.350 e. The van der Waals surface area contributed by atoms with Crippen LogP contribution in [0.4, 0.5) is 4.39 Å². The fourth-order valence-corrected chi connectivity index (χ4v) is 6.05. The van der Waals surface area contributed by atoms with E-state index in [1.807, 2.05) is 25.9 Å². The van der Waals surface area contributed by atoms with Gasteiger partial charge in [-0.2, -0.15) is 4.31 Å². The molecule has 1 aliphatic rings. The Balaban J connectivity index is 1.79. The number of rotatable bonds is 7. The van der Waals surface area contributed by atoms with Gasteiger partial charge < -0.3 is 10.2 Å². The number of carbonyl (C=O) groups excluding carboxylic acids is 1. The Morgan fingerprint density at radius 2 is 2.03 bits per heavy atom. The number of sulfonamides is 1. The molecule has 0 spiro atoms. The zero-order chi connectivity index (χ0) is 23.5. The molecule has 1 saturated heterocycles. The van der Waals surface area contributed by atoms with Crippen molar-refractivity contribution >= 4 is 27.5 Å². The van der Waals surface area contributed by atoms with Crippen LogP contribution in [-0.4, -0.2) is 57.3 Å². The van der Waals surface area contributed by atoms with Crippen molar-refractivity contribution in [1.82, 2.24) is 14.5 Å². The molecule has 1 aliphatic heterocycles. The number of benzene rings is 2. The van der Waals surface area contributed by atoms with Gasteiger partial charge in [-0.25, -0.2) is 12.8 Å². The van der Waals surface area contributed by atoms with Crippen LogP contribution in [0.15, 0.2) is 47.4 Å². The molecule has 0 saturated carbocycles. The standard InChI is InChI=1S/C23H29ClFN3O3S/c1-16-6-5-11-28(15-16)32(30,31)22-13-18(9-10-20(22)24)23(29)26-14-21(27(2)3)17-7-4-8-19(25)12-17/h4,7-10,12-13,16,21H,5-6,11,14-15H2,1-3H3,(H,26,29)/t16-,21-/m0/s1. The van der Waals surface area contributed by atoms with E-state index in [-0.39, 0.29) is 39.8 Å². The molecule has 0 bridgehead atoms. The monoisotopic (exact) mass is 481 g/mol. The molecule has 0 aromatic heterocycles. The first kappa shape index (κ1) is 24.6. The fourth-order valence-electron chi connectivity index (χ4n) is 3.95. The Kier molecular flexibility index (Phi) is 7.92. The van der Waals surface area contributed by atoms with E-state index in [0.717, 1.165) is 18.4 Å². The van der Waals surface area contributed by atoms with Crippen molar-refractivity contribution in [3.8, 4) is 0 Å². The average molecular weight is 482 g/mol. The molecule has 0 unspecified atom stereocenters. The highest BCUT2D eigenvalue weighted by atomic mass is 35.5. The highest BCUT2D eigenvalue weighted by molar-refractivity contribution is 7.89. The summed E-state index contributed by atoms with van der Waals surface area (Å²) in [6, 6.07) is 10.2. The molecule has 6 nitrogen and oxygen atoms in total. The topological polar surface area (TPSA) is 69.7 Å². The van der Waals surface area contributed by atoms with E-state index in [0.29, 0.717) is 13.1 Å². The third kappa shape index (κ3) is 5.67. The van der Waals surface area contributed by atoms with Crippen molar-refractivity contribution < 1.29 is 17.6 Å². The maximum Gasteiger partial charge on any atom is 0.251 e. The summed E-state index contributed by atoms with van der Waals surface area (Å²) in [6.45, 7) is 3.13. The molecule has 174 valence electrons. The van der Waals surface area contributed by atoms with Gasteiger partial charge in [-0.1, -0.05) is 30.7 Å². The van der Waals surface area contributed by atoms with Gasteiger partial charge in [-0.15, -0.1) is 0 Å². The van der Waals surface area contributed by atoms with Crippen LogP contribution in [0.3, 0.4) is 0 Å². The molecule has 2 aromatic rings. The molecule has 1 amide bonds. The summed E-state index contributed by atoms with van der Waals surface area (Å²) in [7, 11) is -0.119. The Hall–Kier alpha value is -2.00. The number of hydrogen-bond acceptors (Lipinski definition) is 4. The number of nitrogens with zero attached hydrogens (tertiary/aromatic N) is 2. The number of halogens is 2. The third-order valence-electron chi connectivity index (χ3n) is 5.74. The van der Waals surface area contributed by atoms with Crippen molar-refractivity contribution in [3.05, 3.63) is 64.4 Å². The van der Waals surface area contributed by atoms with E-state index in [1.165, 1.54) is 34.6 Å². The molecule has 3 rings (SSSR count). The van der Waals surface area contributed by atoms with Crippen LogP contribution >= 0.6 is 11.6 Å². The number of carbonyl (C=O) groups is 1. The second-order valence-corrected chi connectivity index (χ2v) is 10.8. The van der Waals surface area contributed by atoms with Gasteiger partial charge in [-0.3, -0.25) is 4.79 Å². The second-order valence-electron chi connectivity index (χ2n) is 8.50. The van der Waals surface area contributed by atoms with Crippen LogP contribution in [0.2, 0.25) is 5.02 Å². The fraction of sp³-hybridized carbons (Fsp3) is 0.435. The first-order valence-electron chi connectivity index (χ1n) is 10.6. The van der Waals surface area contributed by atoms with Crippen molar-refractivity contribution in [2.24, 2.45) is 5.92 Å². The van der Waals surface area contributed by atoms with E-state index >= 15 is 0 Å². The molecule has 1 heterocycles. The first-order chi connectivity index (χ1) is 15.1. The van der Waals surface area contributed by atoms with Crippen LogP contribution in [0.1, 0.15) is 41.7 Å².